The van der Waals surface area contributed by atoms with Crippen LogP contribution in [0.25, 0.3) is 0 Å². The summed E-state index contributed by atoms with van der Waals surface area (Å²) in [5, 5.41) is 5.40. The van der Waals surface area contributed by atoms with Gasteiger partial charge in [-0.3, -0.25) is 0 Å². The van der Waals surface area contributed by atoms with Crippen LogP contribution in [0.2, 0.25) is 0 Å². The molecule has 0 rings (SSSR count). The maximum absolute atomic E-state index is 8.35. The number of carbonyl (C=O) groups excluding carboxylic acids is 1. The lowest BCUT2D eigenvalue weighted by Crippen LogP contribution is -2.22. The molecule has 114 valence electrons. The first kappa shape index (κ1) is 20.6. The SMILES string of the molecule is CCCCCCCCCC(C)C(OC)OC.N=C=O. The standard InChI is InChI=1S/C14H30O2.CHNO/c1-5-6-7-8-9-10-11-12-13(2)14(15-3)16-4;2-1-3/h13-14H,5-12H2,1-4H3;2H. The van der Waals surface area contributed by atoms with E-state index in [4.69, 9.17) is 19.7 Å². The molecule has 0 aliphatic heterocycles. The van der Waals surface area contributed by atoms with Gasteiger partial charge in [-0.05, 0) is 6.42 Å². The second-order valence-corrected chi connectivity index (χ2v) is 4.83. The summed E-state index contributed by atoms with van der Waals surface area (Å²) in [6.45, 7) is 4.46. The fraction of sp³-hybridized carbons (Fsp3) is 0.933. The molecule has 1 N–H and O–H groups in total. The van der Waals surface area contributed by atoms with Gasteiger partial charge in [-0.25, -0.2) is 10.2 Å². The molecule has 1 atom stereocenters. The van der Waals surface area contributed by atoms with Crippen molar-refractivity contribution in [1.29, 1.82) is 5.41 Å². The topological polar surface area (TPSA) is 59.4 Å². The van der Waals surface area contributed by atoms with Crippen molar-refractivity contribution in [2.75, 3.05) is 14.2 Å². The maximum atomic E-state index is 8.35. The van der Waals surface area contributed by atoms with Gasteiger partial charge in [0, 0.05) is 20.1 Å². The molecule has 0 heterocycles. The first-order valence-electron chi connectivity index (χ1n) is 7.27. The van der Waals surface area contributed by atoms with Gasteiger partial charge in [-0.1, -0.05) is 58.8 Å². The predicted octanol–water partition coefficient (Wildman–Crippen LogP) is 4.28. The average Bonchev–Trinajstić information content (AvgIpc) is 2.40. The van der Waals surface area contributed by atoms with Crippen LogP contribution < -0.4 is 0 Å². The predicted molar refractivity (Wildman–Crippen MR) is 78.0 cm³/mol. The van der Waals surface area contributed by atoms with E-state index in [2.05, 4.69) is 13.8 Å². The summed E-state index contributed by atoms with van der Waals surface area (Å²) in [4.78, 5) is 8.35. The first-order valence-corrected chi connectivity index (χ1v) is 7.27. The Morgan fingerprint density at radius 3 is 1.84 bits per heavy atom. The van der Waals surface area contributed by atoms with Crippen molar-refractivity contribution >= 4 is 6.08 Å². The summed E-state index contributed by atoms with van der Waals surface area (Å²) in [6.07, 6.45) is 11.5. The molecule has 0 fully saturated rings. The fourth-order valence-corrected chi connectivity index (χ4v) is 2.12. The summed E-state index contributed by atoms with van der Waals surface area (Å²) in [5.74, 6) is 0.505. The Balaban J connectivity index is 0. The van der Waals surface area contributed by atoms with Gasteiger partial charge in [0.15, 0.2) is 6.29 Å². The highest BCUT2D eigenvalue weighted by Crippen LogP contribution is 2.17. The van der Waals surface area contributed by atoms with Gasteiger partial charge in [-0.15, -0.1) is 0 Å². The Morgan fingerprint density at radius 2 is 1.42 bits per heavy atom. The highest BCUT2D eigenvalue weighted by atomic mass is 16.7. The quantitative estimate of drug-likeness (QED) is 0.264. The van der Waals surface area contributed by atoms with Gasteiger partial charge in [0.1, 0.15) is 0 Å². The van der Waals surface area contributed by atoms with Gasteiger partial charge in [0.05, 0.1) is 0 Å². The van der Waals surface area contributed by atoms with E-state index in [1.807, 2.05) is 0 Å². The van der Waals surface area contributed by atoms with Gasteiger partial charge in [0.2, 0.25) is 6.08 Å². The lowest BCUT2D eigenvalue weighted by atomic mass is 10.0. The van der Waals surface area contributed by atoms with Crippen LogP contribution in [0.4, 0.5) is 0 Å². The van der Waals surface area contributed by atoms with Crippen LogP contribution in [0.3, 0.4) is 0 Å². The van der Waals surface area contributed by atoms with Crippen molar-refractivity contribution in [2.45, 2.75) is 71.5 Å². The van der Waals surface area contributed by atoms with Gasteiger partial charge < -0.3 is 9.47 Å². The van der Waals surface area contributed by atoms with Crippen LogP contribution in [-0.2, 0) is 14.3 Å². The molecule has 0 saturated carbocycles. The van der Waals surface area contributed by atoms with Gasteiger partial charge in [-0.2, -0.15) is 0 Å². The zero-order valence-corrected chi connectivity index (χ0v) is 13.0. The van der Waals surface area contributed by atoms with Crippen LogP contribution in [-0.4, -0.2) is 26.6 Å². The minimum atomic E-state index is -0.0277. The van der Waals surface area contributed by atoms with E-state index in [1.165, 1.54) is 51.4 Å². The minimum Gasteiger partial charge on any atom is -0.356 e. The molecule has 0 bridgehead atoms. The lowest BCUT2D eigenvalue weighted by molar-refractivity contribution is -0.134. The summed E-state index contributed by atoms with van der Waals surface area (Å²) in [5.41, 5.74) is 0. The smallest absolute Gasteiger partial charge is 0.231 e. The third kappa shape index (κ3) is 15.2. The Labute approximate surface area is 118 Å². The molecule has 0 aromatic rings. The molecule has 0 aromatic carbocycles. The minimum absolute atomic E-state index is 0.0277. The van der Waals surface area contributed by atoms with Crippen molar-refractivity contribution in [3.8, 4) is 0 Å². The Morgan fingerprint density at radius 1 is 1.00 bits per heavy atom. The van der Waals surface area contributed by atoms with E-state index in [0.717, 1.165) is 6.08 Å². The maximum Gasteiger partial charge on any atom is 0.231 e. The van der Waals surface area contributed by atoms with Crippen LogP contribution in [0.5, 0.6) is 0 Å². The second kappa shape index (κ2) is 17.3. The second-order valence-electron chi connectivity index (χ2n) is 4.83. The number of isocyanates is 1. The number of rotatable bonds is 11. The Hall–Kier alpha value is -0.700. The van der Waals surface area contributed by atoms with Crippen LogP contribution in [0.15, 0.2) is 0 Å². The van der Waals surface area contributed by atoms with E-state index in [1.54, 1.807) is 14.2 Å². The first-order chi connectivity index (χ1) is 9.17. The van der Waals surface area contributed by atoms with Gasteiger partial charge >= 0.3 is 0 Å². The third-order valence-corrected chi connectivity index (χ3v) is 3.19. The molecular formula is C15H31NO3. The number of methoxy groups -OCH3 is 2. The number of ether oxygens (including phenoxy) is 2. The van der Waals surface area contributed by atoms with E-state index in [-0.39, 0.29) is 6.29 Å². The summed E-state index contributed by atoms with van der Waals surface area (Å²) in [7, 11) is 3.44. The van der Waals surface area contributed by atoms with Crippen LogP contribution >= 0.6 is 0 Å². The van der Waals surface area contributed by atoms with E-state index in [9.17, 15) is 0 Å². The van der Waals surface area contributed by atoms with Crippen LogP contribution in [0, 0.1) is 11.3 Å². The number of nitrogens with one attached hydrogen (secondary N) is 1. The van der Waals surface area contributed by atoms with Crippen molar-refractivity contribution in [2.24, 2.45) is 5.92 Å². The number of hydrogen-bond donors (Lipinski definition) is 1. The molecule has 4 heteroatoms. The van der Waals surface area contributed by atoms with E-state index >= 15 is 0 Å². The fourth-order valence-electron chi connectivity index (χ4n) is 2.12. The lowest BCUT2D eigenvalue weighted by Gasteiger charge is -2.20. The van der Waals surface area contributed by atoms with E-state index in [0.29, 0.717) is 5.92 Å². The van der Waals surface area contributed by atoms with Crippen molar-refractivity contribution < 1.29 is 14.3 Å². The van der Waals surface area contributed by atoms with Gasteiger partial charge in [0.25, 0.3) is 0 Å². The molecule has 0 aliphatic carbocycles. The monoisotopic (exact) mass is 273 g/mol. The highest BCUT2D eigenvalue weighted by Gasteiger charge is 2.14. The van der Waals surface area contributed by atoms with Crippen molar-refractivity contribution in [3.63, 3.8) is 0 Å². The summed E-state index contributed by atoms with van der Waals surface area (Å²) >= 11 is 0. The Bertz CT molecular complexity index is 200. The Kier molecular flexibility index (Phi) is 18.8. The molecule has 4 nitrogen and oxygen atoms in total. The molecule has 0 aliphatic rings. The average molecular weight is 273 g/mol. The van der Waals surface area contributed by atoms with Crippen LogP contribution in [0.1, 0.15) is 65.2 Å². The van der Waals surface area contributed by atoms with Crippen molar-refractivity contribution in [3.05, 3.63) is 0 Å². The normalized spacial score (nSPS) is 11.6. The zero-order chi connectivity index (χ0) is 14.9. The summed E-state index contributed by atoms with van der Waals surface area (Å²) in [6, 6.07) is 0. The largest absolute Gasteiger partial charge is 0.356 e. The molecule has 19 heavy (non-hydrogen) atoms. The van der Waals surface area contributed by atoms with E-state index < -0.39 is 0 Å². The molecule has 0 saturated heterocycles. The molecular weight excluding hydrogens is 242 g/mol. The molecule has 0 aromatic heterocycles. The number of hydrogen-bond acceptors (Lipinski definition) is 4. The molecule has 0 radical (unpaired) electrons. The number of unbranched alkanes of at least 4 members (excludes halogenated alkanes) is 6. The summed E-state index contributed by atoms with van der Waals surface area (Å²) < 4.78 is 10.5. The third-order valence-electron chi connectivity index (χ3n) is 3.19. The highest BCUT2D eigenvalue weighted by molar-refractivity contribution is 5.26. The van der Waals surface area contributed by atoms with Crippen molar-refractivity contribution in [1.82, 2.24) is 0 Å². The molecule has 1 unspecified atom stereocenters. The zero-order valence-electron chi connectivity index (χ0n) is 13.0. The molecule has 0 amide bonds. The molecule has 0 spiro atoms.